The topological polar surface area (TPSA) is 73.0 Å². The summed E-state index contributed by atoms with van der Waals surface area (Å²) >= 11 is 0. The van der Waals surface area contributed by atoms with Gasteiger partial charge < -0.3 is 9.73 Å². The average molecular weight is 344 g/mol. The van der Waals surface area contributed by atoms with Crippen LogP contribution in [0.2, 0.25) is 0 Å². The molecular formula is C20H16N4O2. The van der Waals surface area contributed by atoms with Gasteiger partial charge in [0.25, 0.3) is 0 Å². The van der Waals surface area contributed by atoms with Crippen LogP contribution in [-0.4, -0.2) is 20.7 Å². The van der Waals surface area contributed by atoms with E-state index in [0.29, 0.717) is 23.7 Å². The summed E-state index contributed by atoms with van der Waals surface area (Å²) in [6, 6.07) is 17.5. The zero-order chi connectivity index (χ0) is 17.8. The molecular weight excluding hydrogens is 328 g/mol. The minimum atomic E-state index is -0.272. The number of carbonyl (C=O) groups is 1. The number of aromatic nitrogens is 3. The van der Waals surface area contributed by atoms with Gasteiger partial charge in [-0.05, 0) is 17.7 Å². The second kappa shape index (κ2) is 7.06. The lowest BCUT2D eigenvalue weighted by molar-refractivity contribution is -0.111. The number of hydrogen-bond acceptors (Lipinski definition) is 4. The second-order valence-electron chi connectivity index (χ2n) is 5.75. The number of para-hydroxylation sites is 2. The molecule has 1 amide bonds. The first-order valence-electron chi connectivity index (χ1n) is 8.17. The Labute approximate surface area is 149 Å². The van der Waals surface area contributed by atoms with Crippen LogP contribution in [0.5, 0.6) is 0 Å². The fourth-order valence-electron chi connectivity index (χ4n) is 2.58. The van der Waals surface area contributed by atoms with Crippen molar-refractivity contribution in [2.24, 2.45) is 0 Å². The summed E-state index contributed by atoms with van der Waals surface area (Å²) < 4.78 is 7.32. The Bertz CT molecular complexity index is 1030. The van der Waals surface area contributed by atoms with Gasteiger partial charge in [0, 0.05) is 18.3 Å². The van der Waals surface area contributed by atoms with Crippen LogP contribution < -0.4 is 5.32 Å². The summed E-state index contributed by atoms with van der Waals surface area (Å²) in [5, 5.41) is 7.03. The van der Waals surface area contributed by atoms with Crippen molar-refractivity contribution >= 4 is 28.8 Å². The Kier molecular flexibility index (Phi) is 4.30. The fraction of sp³-hybridized carbons (Fsp3) is 0.0500. The van der Waals surface area contributed by atoms with Crippen molar-refractivity contribution in [3.05, 3.63) is 84.5 Å². The summed E-state index contributed by atoms with van der Waals surface area (Å²) in [7, 11) is 0. The zero-order valence-electron chi connectivity index (χ0n) is 13.9. The number of carbonyl (C=O) groups excluding carboxylic acids is 1. The molecule has 0 atom stereocenters. The van der Waals surface area contributed by atoms with Gasteiger partial charge in [0.2, 0.25) is 11.8 Å². The Morgan fingerprint density at radius 3 is 2.77 bits per heavy atom. The minimum Gasteiger partial charge on any atom is -0.437 e. The molecule has 0 saturated carbocycles. The van der Waals surface area contributed by atoms with Gasteiger partial charge >= 0.3 is 0 Å². The van der Waals surface area contributed by atoms with E-state index in [1.165, 1.54) is 6.08 Å². The summed E-state index contributed by atoms with van der Waals surface area (Å²) in [6.07, 6.45) is 6.34. The molecule has 0 bridgehead atoms. The lowest BCUT2D eigenvalue weighted by atomic mass is 10.2. The highest BCUT2D eigenvalue weighted by Crippen LogP contribution is 2.15. The predicted molar refractivity (Wildman–Crippen MR) is 99.4 cm³/mol. The van der Waals surface area contributed by atoms with Gasteiger partial charge in [-0.1, -0.05) is 42.5 Å². The maximum absolute atomic E-state index is 12.1. The standard InChI is InChI=1S/C20H16N4O2/c25-19(10-11-20-23-17-8-4-5-9-18(17)26-20)22-16-12-21-24(14-16)13-15-6-2-1-3-7-15/h1-12,14H,13H2,(H,22,25). The third-order valence-electron chi connectivity index (χ3n) is 3.78. The molecule has 1 N–H and O–H groups in total. The van der Waals surface area contributed by atoms with Crippen LogP contribution in [0, 0.1) is 0 Å². The Morgan fingerprint density at radius 2 is 1.92 bits per heavy atom. The molecule has 2 aromatic heterocycles. The highest BCUT2D eigenvalue weighted by molar-refractivity contribution is 6.01. The van der Waals surface area contributed by atoms with Crippen molar-refractivity contribution in [2.75, 3.05) is 5.32 Å². The van der Waals surface area contributed by atoms with E-state index in [9.17, 15) is 4.79 Å². The van der Waals surface area contributed by atoms with Crippen molar-refractivity contribution in [3.63, 3.8) is 0 Å². The Hall–Kier alpha value is -3.67. The van der Waals surface area contributed by atoms with Crippen molar-refractivity contribution < 1.29 is 9.21 Å². The van der Waals surface area contributed by atoms with Gasteiger partial charge in [-0.25, -0.2) is 4.98 Å². The number of rotatable bonds is 5. The Balaban J connectivity index is 1.38. The highest BCUT2D eigenvalue weighted by atomic mass is 16.3. The minimum absolute atomic E-state index is 0.272. The van der Waals surface area contributed by atoms with Crippen LogP contribution in [0.3, 0.4) is 0 Å². The summed E-state index contributed by atoms with van der Waals surface area (Å²) in [4.78, 5) is 16.4. The fourth-order valence-corrected chi connectivity index (χ4v) is 2.58. The van der Waals surface area contributed by atoms with Crippen LogP contribution in [-0.2, 0) is 11.3 Å². The number of benzene rings is 2. The molecule has 0 saturated heterocycles. The molecule has 6 heteroatoms. The smallest absolute Gasteiger partial charge is 0.248 e. The van der Waals surface area contributed by atoms with Crippen molar-refractivity contribution in [1.29, 1.82) is 0 Å². The predicted octanol–water partition coefficient (Wildman–Crippen LogP) is 3.72. The average Bonchev–Trinajstić information content (AvgIpc) is 3.27. The first-order valence-corrected chi connectivity index (χ1v) is 8.17. The number of nitrogens with one attached hydrogen (secondary N) is 1. The molecule has 26 heavy (non-hydrogen) atoms. The summed E-state index contributed by atoms with van der Waals surface area (Å²) in [5.41, 5.74) is 3.22. The van der Waals surface area contributed by atoms with E-state index in [1.54, 1.807) is 23.2 Å². The number of amides is 1. The van der Waals surface area contributed by atoms with Gasteiger partial charge in [-0.3, -0.25) is 9.48 Å². The lowest BCUT2D eigenvalue weighted by Gasteiger charge is -2.00. The molecule has 4 aromatic rings. The summed E-state index contributed by atoms with van der Waals surface area (Å²) in [6.45, 7) is 0.648. The molecule has 0 aliphatic rings. The molecule has 2 aromatic carbocycles. The maximum Gasteiger partial charge on any atom is 0.248 e. The monoisotopic (exact) mass is 344 g/mol. The van der Waals surface area contributed by atoms with E-state index in [-0.39, 0.29) is 5.91 Å². The zero-order valence-corrected chi connectivity index (χ0v) is 13.9. The van der Waals surface area contributed by atoms with Gasteiger partial charge in [-0.2, -0.15) is 5.10 Å². The Morgan fingerprint density at radius 1 is 1.12 bits per heavy atom. The molecule has 0 aliphatic carbocycles. The SMILES string of the molecule is O=C(C=Cc1nc2ccccc2o1)Nc1cnn(Cc2ccccc2)c1. The van der Waals surface area contributed by atoms with E-state index < -0.39 is 0 Å². The maximum atomic E-state index is 12.1. The molecule has 0 unspecified atom stereocenters. The molecule has 128 valence electrons. The molecule has 0 radical (unpaired) electrons. The number of anilines is 1. The third-order valence-corrected chi connectivity index (χ3v) is 3.78. The van der Waals surface area contributed by atoms with Crippen LogP contribution in [0.4, 0.5) is 5.69 Å². The molecule has 2 heterocycles. The first-order chi connectivity index (χ1) is 12.8. The number of oxazole rings is 1. The quantitative estimate of drug-likeness (QED) is 0.560. The third kappa shape index (κ3) is 3.70. The van der Waals surface area contributed by atoms with Gasteiger partial charge in [0.1, 0.15) is 5.52 Å². The van der Waals surface area contributed by atoms with E-state index in [2.05, 4.69) is 15.4 Å². The second-order valence-corrected chi connectivity index (χ2v) is 5.75. The largest absolute Gasteiger partial charge is 0.437 e. The normalized spacial score (nSPS) is 11.2. The number of fused-ring (bicyclic) bond motifs is 1. The van der Waals surface area contributed by atoms with Crippen LogP contribution >= 0.6 is 0 Å². The van der Waals surface area contributed by atoms with Crippen LogP contribution in [0.15, 0.2) is 77.5 Å². The van der Waals surface area contributed by atoms with Crippen LogP contribution in [0.25, 0.3) is 17.2 Å². The molecule has 0 aliphatic heterocycles. The van der Waals surface area contributed by atoms with E-state index >= 15 is 0 Å². The van der Waals surface area contributed by atoms with Crippen LogP contribution in [0.1, 0.15) is 11.5 Å². The summed E-state index contributed by atoms with van der Waals surface area (Å²) in [5.74, 6) is 0.118. The van der Waals surface area contributed by atoms with Crippen molar-refractivity contribution in [1.82, 2.24) is 14.8 Å². The van der Waals surface area contributed by atoms with Crippen molar-refractivity contribution in [2.45, 2.75) is 6.54 Å². The molecule has 6 nitrogen and oxygen atoms in total. The molecule has 4 rings (SSSR count). The number of nitrogens with zero attached hydrogens (tertiary/aromatic N) is 3. The van der Waals surface area contributed by atoms with E-state index in [4.69, 9.17) is 4.42 Å². The van der Waals surface area contributed by atoms with E-state index in [0.717, 1.165) is 11.1 Å². The van der Waals surface area contributed by atoms with E-state index in [1.807, 2.05) is 54.6 Å². The number of hydrogen-bond donors (Lipinski definition) is 1. The van der Waals surface area contributed by atoms with Gasteiger partial charge in [0.15, 0.2) is 5.58 Å². The molecule has 0 spiro atoms. The first kappa shape index (κ1) is 15.8. The highest BCUT2D eigenvalue weighted by Gasteiger charge is 2.04. The van der Waals surface area contributed by atoms with Crippen molar-refractivity contribution in [3.8, 4) is 0 Å². The van der Waals surface area contributed by atoms with Gasteiger partial charge in [0.05, 0.1) is 18.4 Å². The lowest BCUT2D eigenvalue weighted by Crippen LogP contribution is -2.07. The molecule has 0 fully saturated rings. The van der Waals surface area contributed by atoms with Gasteiger partial charge in [-0.15, -0.1) is 0 Å².